The van der Waals surface area contributed by atoms with Gasteiger partial charge in [-0.3, -0.25) is 9.59 Å². The molecule has 1 atom stereocenters. The van der Waals surface area contributed by atoms with Crippen molar-refractivity contribution in [1.29, 1.82) is 0 Å². The molecule has 1 unspecified atom stereocenters. The standard InChI is InChI=1S/C19H27NO4/c1-14-9-11-17(12-10-14)23-13-5-8-18(21)24-15(2)19(22)20-16-6-3-4-7-16/h9-12,15-16H,3-8,13H2,1-2H3,(H,20,22). The topological polar surface area (TPSA) is 64.6 Å². The van der Waals surface area contributed by atoms with E-state index >= 15 is 0 Å². The van der Waals surface area contributed by atoms with Gasteiger partial charge >= 0.3 is 5.97 Å². The van der Waals surface area contributed by atoms with Crippen LogP contribution in [0.15, 0.2) is 24.3 Å². The first-order valence-electron chi connectivity index (χ1n) is 8.74. The van der Waals surface area contributed by atoms with Gasteiger partial charge in [0.05, 0.1) is 6.61 Å². The number of hydrogen-bond donors (Lipinski definition) is 1. The molecule has 0 spiro atoms. The van der Waals surface area contributed by atoms with Crippen LogP contribution in [0, 0.1) is 6.92 Å². The third-order valence-electron chi connectivity index (χ3n) is 4.19. The van der Waals surface area contributed by atoms with Crippen LogP contribution < -0.4 is 10.1 Å². The van der Waals surface area contributed by atoms with Crippen molar-refractivity contribution < 1.29 is 19.1 Å². The molecule has 0 aliphatic heterocycles. The van der Waals surface area contributed by atoms with Gasteiger partial charge in [-0.05, 0) is 45.2 Å². The van der Waals surface area contributed by atoms with E-state index in [1.807, 2.05) is 31.2 Å². The number of rotatable bonds is 8. The highest BCUT2D eigenvalue weighted by atomic mass is 16.5. The minimum atomic E-state index is -0.740. The number of carbonyl (C=O) groups is 2. The van der Waals surface area contributed by atoms with Crippen molar-refractivity contribution in [3.05, 3.63) is 29.8 Å². The summed E-state index contributed by atoms with van der Waals surface area (Å²) in [7, 11) is 0. The van der Waals surface area contributed by atoms with E-state index in [2.05, 4.69) is 5.32 Å². The number of carbonyl (C=O) groups excluding carboxylic acids is 2. The minimum absolute atomic E-state index is 0.203. The summed E-state index contributed by atoms with van der Waals surface area (Å²) in [5.74, 6) is 0.223. The predicted molar refractivity (Wildman–Crippen MR) is 91.9 cm³/mol. The van der Waals surface area contributed by atoms with Crippen LogP contribution in [-0.4, -0.2) is 30.6 Å². The van der Waals surface area contributed by atoms with Crippen molar-refractivity contribution in [3.63, 3.8) is 0 Å². The van der Waals surface area contributed by atoms with Crippen LogP contribution in [0.25, 0.3) is 0 Å². The molecule has 24 heavy (non-hydrogen) atoms. The fraction of sp³-hybridized carbons (Fsp3) is 0.579. The Morgan fingerprint density at radius 2 is 1.88 bits per heavy atom. The molecule has 0 aromatic heterocycles. The first-order valence-corrected chi connectivity index (χ1v) is 8.74. The predicted octanol–water partition coefficient (Wildman–Crippen LogP) is 3.14. The third-order valence-corrected chi connectivity index (χ3v) is 4.19. The molecule has 1 aromatic carbocycles. The van der Waals surface area contributed by atoms with Gasteiger partial charge in [0.2, 0.25) is 0 Å². The van der Waals surface area contributed by atoms with E-state index in [1.165, 1.54) is 5.56 Å². The Morgan fingerprint density at radius 1 is 1.21 bits per heavy atom. The Kier molecular flexibility index (Phi) is 7.09. The van der Waals surface area contributed by atoms with E-state index in [0.717, 1.165) is 31.4 Å². The molecule has 1 saturated carbocycles. The molecule has 1 aliphatic rings. The zero-order valence-electron chi connectivity index (χ0n) is 14.5. The number of esters is 1. The maximum Gasteiger partial charge on any atom is 0.306 e. The summed E-state index contributed by atoms with van der Waals surface area (Å²) in [6.45, 7) is 4.08. The number of nitrogens with one attached hydrogen (secondary N) is 1. The van der Waals surface area contributed by atoms with Gasteiger partial charge < -0.3 is 14.8 Å². The minimum Gasteiger partial charge on any atom is -0.494 e. The van der Waals surface area contributed by atoms with Gasteiger partial charge in [0.1, 0.15) is 5.75 Å². The molecule has 1 N–H and O–H groups in total. The van der Waals surface area contributed by atoms with Crippen molar-refractivity contribution in [3.8, 4) is 5.75 Å². The number of aryl methyl sites for hydroxylation is 1. The Balaban J connectivity index is 1.59. The summed E-state index contributed by atoms with van der Waals surface area (Å²) in [6.07, 6.45) is 4.40. The summed E-state index contributed by atoms with van der Waals surface area (Å²) >= 11 is 0. The van der Waals surface area contributed by atoms with Gasteiger partial charge in [0.15, 0.2) is 6.10 Å². The maximum atomic E-state index is 12.0. The van der Waals surface area contributed by atoms with Crippen LogP contribution >= 0.6 is 0 Å². The molecule has 1 aromatic rings. The molecule has 0 radical (unpaired) electrons. The van der Waals surface area contributed by atoms with E-state index in [4.69, 9.17) is 9.47 Å². The summed E-state index contributed by atoms with van der Waals surface area (Å²) in [5.41, 5.74) is 1.18. The highest BCUT2D eigenvalue weighted by molar-refractivity contribution is 5.83. The normalized spacial score (nSPS) is 15.8. The zero-order chi connectivity index (χ0) is 17.4. The van der Waals surface area contributed by atoms with Crippen molar-refractivity contribution >= 4 is 11.9 Å². The molecule has 2 rings (SSSR count). The van der Waals surface area contributed by atoms with Gasteiger partial charge in [-0.2, -0.15) is 0 Å². The number of ether oxygens (including phenoxy) is 2. The van der Waals surface area contributed by atoms with E-state index < -0.39 is 6.10 Å². The molecule has 1 amide bonds. The highest BCUT2D eigenvalue weighted by Crippen LogP contribution is 2.18. The molecule has 132 valence electrons. The smallest absolute Gasteiger partial charge is 0.306 e. The van der Waals surface area contributed by atoms with Crippen molar-refractivity contribution in [2.45, 2.75) is 64.5 Å². The number of amides is 1. The molecule has 0 saturated heterocycles. The molecule has 1 fully saturated rings. The fourth-order valence-corrected chi connectivity index (χ4v) is 2.74. The fourth-order valence-electron chi connectivity index (χ4n) is 2.74. The molecule has 0 bridgehead atoms. The summed E-state index contributed by atoms with van der Waals surface area (Å²) < 4.78 is 10.7. The maximum absolute atomic E-state index is 12.0. The molecule has 5 heteroatoms. The zero-order valence-corrected chi connectivity index (χ0v) is 14.5. The van der Waals surface area contributed by atoms with Gasteiger partial charge in [0.25, 0.3) is 5.91 Å². The highest BCUT2D eigenvalue weighted by Gasteiger charge is 2.22. The van der Waals surface area contributed by atoms with Crippen molar-refractivity contribution in [2.24, 2.45) is 0 Å². The summed E-state index contributed by atoms with van der Waals surface area (Å²) in [4.78, 5) is 23.8. The summed E-state index contributed by atoms with van der Waals surface area (Å²) in [5, 5.41) is 2.94. The second kappa shape index (κ2) is 9.30. The van der Waals surface area contributed by atoms with E-state index in [1.54, 1.807) is 6.92 Å². The van der Waals surface area contributed by atoms with Crippen molar-refractivity contribution in [1.82, 2.24) is 5.32 Å². The van der Waals surface area contributed by atoms with Crippen LogP contribution in [0.2, 0.25) is 0 Å². The molecule has 0 heterocycles. The van der Waals surface area contributed by atoms with Gasteiger partial charge in [-0.15, -0.1) is 0 Å². The lowest BCUT2D eigenvalue weighted by Crippen LogP contribution is -2.40. The largest absolute Gasteiger partial charge is 0.494 e. The number of hydrogen-bond acceptors (Lipinski definition) is 4. The lowest BCUT2D eigenvalue weighted by atomic mass is 10.2. The first kappa shape index (κ1) is 18.3. The average molecular weight is 333 g/mol. The van der Waals surface area contributed by atoms with Gasteiger partial charge in [-0.25, -0.2) is 0 Å². The Hall–Kier alpha value is -2.04. The second-order valence-corrected chi connectivity index (χ2v) is 6.39. The molecule has 1 aliphatic carbocycles. The van der Waals surface area contributed by atoms with E-state index in [9.17, 15) is 9.59 Å². The van der Waals surface area contributed by atoms with Gasteiger partial charge in [-0.1, -0.05) is 30.5 Å². The van der Waals surface area contributed by atoms with Crippen LogP contribution in [0.4, 0.5) is 0 Å². The van der Waals surface area contributed by atoms with Crippen LogP contribution in [0.5, 0.6) is 5.75 Å². The summed E-state index contributed by atoms with van der Waals surface area (Å²) in [6, 6.07) is 8.01. The monoisotopic (exact) mass is 333 g/mol. The van der Waals surface area contributed by atoms with Crippen LogP contribution in [0.3, 0.4) is 0 Å². The Labute approximate surface area is 143 Å². The quantitative estimate of drug-likeness (QED) is 0.586. The van der Waals surface area contributed by atoms with Gasteiger partial charge in [0, 0.05) is 12.5 Å². The Bertz CT molecular complexity index is 535. The average Bonchev–Trinajstić information content (AvgIpc) is 3.06. The van der Waals surface area contributed by atoms with Crippen LogP contribution in [-0.2, 0) is 14.3 Å². The third kappa shape index (κ3) is 6.22. The molecule has 5 nitrogen and oxygen atoms in total. The van der Waals surface area contributed by atoms with E-state index in [0.29, 0.717) is 13.0 Å². The second-order valence-electron chi connectivity index (χ2n) is 6.39. The first-order chi connectivity index (χ1) is 11.5. The van der Waals surface area contributed by atoms with Crippen LogP contribution in [0.1, 0.15) is 51.0 Å². The lowest BCUT2D eigenvalue weighted by Gasteiger charge is -2.17. The number of benzene rings is 1. The van der Waals surface area contributed by atoms with E-state index in [-0.39, 0.29) is 24.3 Å². The molecular weight excluding hydrogens is 306 g/mol. The SMILES string of the molecule is Cc1ccc(OCCCC(=O)OC(C)C(=O)NC2CCCC2)cc1. The molecular formula is C19H27NO4. The lowest BCUT2D eigenvalue weighted by molar-refractivity contribution is -0.155. The Morgan fingerprint density at radius 3 is 2.54 bits per heavy atom. The van der Waals surface area contributed by atoms with Crippen molar-refractivity contribution in [2.75, 3.05) is 6.61 Å².